The van der Waals surface area contributed by atoms with Crippen molar-refractivity contribution in [3.8, 4) is 17.6 Å². The Bertz CT molecular complexity index is 775. The average Bonchev–Trinajstić information content (AvgIpc) is 2.48. The lowest BCUT2D eigenvalue weighted by atomic mass is 10.0. The maximum Gasteiger partial charge on any atom is 0.207 e. The van der Waals surface area contributed by atoms with Crippen LogP contribution in [0, 0.1) is 17.1 Å². The molecule has 0 amide bonds. The van der Waals surface area contributed by atoms with Gasteiger partial charge in [-0.3, -0.25) is 4.79 Å². The number of hydrogen-bond acceptors (Lipinski definition) is 4. The second-order valence-electron chi connectivity index (χ2n) is 4.22. The molecule has 0 aliphatic heterocycles. The van der Waals surface area contributed by atoms with Gasteiger partial charge in [0.2, 0.25) is 5.78 Å². The minimum absolute atomic E-state index is 0.0852. The van der Waals surface area contributed by atoms with Crippen LogP contribution in [-0.4, -0.2) is 16.0 Å². The van der Waals surface area contributed by atoms with Crippen LogP contribution < -0.4 is 0 Å². The number of rotatable bonds is 3. The summed E-state index contributed by atoms with van der Waals surface area (Å²) in [7, 11) is 0. The van der Waals surface area contributed by atoms with Gasteiger partial charge in [0.1, 0.15) is 29.0 Å². The first-order valence-corrected chi connectivity index (χ1v) is 5.96. The largest absolute Gasteiger partial charge is 0.508 e. The summed E-state index contributed by atoms with van der Waals surface area (Å²) in [6.45, 7) is 0. The molecule has 0 fully saturated rings. The van der Waals surface area contributed by atoms with Gasteiger partial charge in [0.15, 0.2) is 0 Å². The molecule has 0 saturated heterocycles. The number of ketones is 1. The second kappa shape index (κ2) is 5.88. The van der Waals surface area contributed by atoms with Crippen molar-refractivity contribution in [2.45, 2.75) is 0 Å². The third-order valence-corrected chi connectivity index (χ3v) is 2.79. The first-order valence-electron chi connectivity index (χ1n) is 5.96. The fraction of sp³-hybridized carbons (Fsp3) is 0. The van der Waals surface area contributed by atoms with Crippen molar-refractivity contribution in [1.29, 1.82) is 5.26 Å². The molecule has 0 unspecified atom stereocenters. The lowest BCUT2D eigenvalue weighted by molar-refractivity contribution is 0.103. The van der Waals surface area contributed by atoms with Crippen molar-refractivity contribution in [3.63, 3.8) is 0 Å². The lowest BCUT2D eigenvalue weighted by Crippen LogP contribution is -2.02. The topological polar surface area (TPSA) is 81.3 Å². The van der Waals surface area contributed by atoms with E-state index in [1.54, 1.807) is 12.1 Å². The maximum atomic E-state index is 13.5. The van der Waals surface area contributed by atoms with Crippen LogP contribution in [0.1, 0.15) is 15.9 Å². The normalized spacial score (nSPS) is 11.0. The summed E-state index contributed by atoms with van der Waals surface area (Å²) < 4.78 is 13.5. The molecule has 0 heterocycles. The molecular formula is C16H10FNO3. The Morgan fingerprint density at radius 3 is 2.57 bits per heavy atom. The van der Waals surface area contributed by atoms with E-state index in [1.165, 1.54) is 24.3 Å². The van der Waals surface area contributed by atoms with Gasteiger partial charge in [-0.2, -0.15) is 5.26 Å². The van der Waals surface area contributed by atoms with Gasteiger partial charge < -0.3 is 10.2 Å². The molecule has 5 heteroatoms. The second-order valence-corrected chi connectivity index (χ2v) is 4.22. The fourth-order valence-corrected chi connectivity index (χ4v) is 1.75. The van der Waals surface area contributed by atoms with Crippen LogP contribution in [0.5, 0.6) is 11.5 Å². The summed E-state index contributed by atoms with van der Waals surface area (Å²) in [6.07, 6.45) is 1.10. The minimum atomic E-state index is -0.797. The predicted molar refractivity (Wildman–Crippen MR) is 74.1 cm³/mol. The van der Waals surface area contributed by atoms with Crippen molar-refractivity contribution in [2.24, 2.45) is 0 Å². The number of allylic oxidation sites excluding steroid dienone is 1. The van der Waals surface area contributed by atoms with E-state index in [-0.39, 0.29) is 28.2 Å². The third-order valence-electron chi connectivity index (χ3n) is 2.79. The molecule has 0 aliphatic carbocycles. The van der Waals surface area contributed by atoms with Crippen molar-refractivity contribution >= 4 is 11.9 Å². The molecule has 0 aliphatic rings. The highest BCUT2D eigenvalue weighted by molar-refractivity contribution is 6.15. The number of nitrogens with zero attached hydrogens (tertiary/aromatic N) is 1. The number of Topliss-reactive ketones (excluding diaryl/α,β-unsaturated/α-hetero) is 1. The van der Waals surface area contributed by atoms with Crippen LogP contribution in [0.3, 0.4) is 0 Å². The van der Waals surface area contributed by atoms with Crippen molar-refractivity contribution in [1.82, 2.24) is 0 Å². The van der Waals surface area contributed by atoms with Gasteiger partial charge in [-0.1, -0.05) is 18.2 Å². The standard InChI is InChI=1S/C16H10FNO3/c17-14-4-2-1-3-10(14)7-11(9-18)16(21)13-8-12(19)5-6-15(13)20/h1-8,19-20H/b11-7-. The summed E-state index contributed by atoms with van der Waals surface area (Å²) in [4.78, 5) is 12.2. The first-order chi connectivity index (χ1) is 10.0. The van der Waals surface area contributed by atoms with Crippen LogP contribution in [0.4, 0.5) is 4.39 Å². The van der Waals surface area contributed by atoms with Crippen LogP contribution in [0.15, 0.2) is 48.0 Å². The monoisotopic (exact) mass is 283 g/mol. The molecule has 0 atom stereocenters. The van der Waals surface area contributed by atoms with Crippen LogP contribution in [-0.2, 0) is 0 Å². The number of halogens is 1. The van der Waals surface area contributed by atoms with E-state index >= 15 is 0 Å². The number of phenols is 2. The quantitative estimate of drug-likeness (QED) is 0.392. The summed E-state index contributed by atoms with van der Waals surface area (Å²) in [5.41, 5.74) is -0.484. The molecule has 2 aromatic carbocycles. The van der Waals surface area contributed by atoms with E-state index in [9.17, 15) is 19.4 Å². The van der Waals surface area contributed by atoms with E-state index in [1.807, 2.05) is 0 Å². The van der Waals surface area contributed by atoms with E-state index in [0.29, 0.717) is 0 Å². The first kappa shape index (κ1) is 14.3. The Hall–Kier alpha value is -3.13. The zero-order chi connectivity index (χ0) is 15.4. The van der Waals surface area contributed by atoms with Crippen molar-refractivity contribution < 1.29 is 19.4 Å². The van der Waals surface area contributed by atoms with Gasteiger partial charge in [0.25, 0.3) is 0 Å². The molecule has 2 aromatic rings. The molecule has 0 bridgehead atoms. The Morgan fingerprint density at radius 1 is 1.19 bits per heavy atom. The molecule has 0 radical (unpaired) electrons. The molecule has 104 valence electrons. The van der Waals surface area contributed by atoms with Crippen molar-refractivity contribution in [3.05, 3.63) is 65.0 Å². The summed E-state index contributed by atoms with van der Waals surface area (Å²) >= 11 is 0. The van der Waals surface area contributed by atoms with Gasteiger partial charge in [-0.05, 0) is 30.3 Å². The average molecular weight is 283 g/mol. The van der Waals surface area contributed by atoms with Gasteiger partial charge in [-0.25, -0.2) is 4.39 Å². The number of carbonyl (C=O) groups excluding carboxylic acids is 1. The minimum Gasteiger partial charge on any atom is -0.508 e. The number of aromatic hydroxyl groups is 2. The molecule has 0 spiro atoms. The number of benzene rings is 2. The molecule has 2 rings (SSSR count). The van der Waals surface area contributed by atoms with E-state index < -0.39 is 11.6 Å². The van der Waals surface area contributed by atoms with Crippen molar-refractivity contribution in [2.75, 3.05) is 0 Å². The molecule has 0 saturated carbocycles. The summed E-state index contributed by atoms with van der Waals surface area (Å²) in [5, 5.41) is 28.0. The van der Waals surface area contributed by atoms with Gasteiger partial charge in [0.05, 0.1) is 5.56 Å². The Morgan fingerprint density at radius 2 is 1.90 bits per heavy atom. The third kappa shape index (κ3) is 3.07. The Kier molecular flexibility index (Phi) is 4.00. The van der Waals surface area contributed by atoms with E-state index in [4.69, 9.17) is 5.26 Å². The predicted octanol–water partition coefficient (Wildman–Crippen LogP) is 3.03. The highest BCUT2D eigenvalue weighted by atomic mass is 19.1. The van der Waals surface area contributed by atoms with Gasteiger partial charge >= 0.3 is 0 Å². The molecule has 2 N–H and O–H groups in total. The number of carbonyl (C=O) groups is 1. The molecule has 0 aromatic heterocycles. The number of hydrogen-bond donors (Lipinski definition) is 2. The molecule has 4 nitrogen and oxygen atoms in total. The van der Waals surface area contributed by atoms with E-state index in [0.717, 1.165) is 18.2 Å². The van der Waals surface area contributed by atoms with E-state index in [2.05, 4.69) is 0 Å². The van der Waals surface area contributed by atoms with Crippen LogP contribution in [0.2, 0.25) is 0 Å². The van der Waals surface area contributed by atoms with Gasteiger partial charge in [-0.15, -0.1) is 0 Å². The van der Waals surface area contributed by atoms with Crippen LogP contribution in [0.25, 0.3) is 6.08 Å². The van der Waals surface area contributed by atoms with Crippen LogP contribution >= 0.6 is 0 Å². The number of phenolic OH excluding ortho intramolecular Hbond substituents is 2. The Balaban J connectivity index is 2.47. The zero-order valence-corrected chi connectivity index (χ0v) is 10.7. The summed E-state index contributed by atoms with van der Waals surface area (Å²) in [5.74, 6) is -1.96. The SMILES string of the molecule is N#C/C(=C/c1ccccc1F)C(=O)c1cc(O)ccc1O. The lowest BCUT2D eigenvalue weighted by Gasteiger charge is -2.04. The smallest absolute Gasteiger partial charge is 0.207 e. The molecule has 21 heavy (non-hydrogen) atoms. The highest BCUT2D eigenvalue weighted by Gasteiger charge is 2.17. The summed E-state index contributed by atoms with van der Waals surface area (Å²) in [6, 6.07) is 10.7. The fourth-order valence-electron chi connectivity index (χ4n) is 1.75. The zero-order valence-electron chi connectivity index (χ0n) is 10.7. The Labute approximate surface area is 120 Å². The highest BCUT2D eigenvalue weighted by Crippen LogP contribution is 2.25. The maximum absolute atomic E-state index is 13.5. The molecular weight excluding hydrogens is 273 g/mol. The number of nitriles is 1. The van der Waals surface area contributed by atoms with Gasteiger partial charge in [0, 0.05) is 5.56 Å².